The standard InChI is InChI=1S/C43H32N4O2/c1-46-37-22-21-29(25-38(37)47(2)43(46)48)28-13-8-15-31(23-28)35-26-36(45-42(44-35)27-11-4-3-5-12-27)32-16-9-14-30(24-32)33-18-10-20-40-41(33)34-17-6-7-19-39(34)49-40/h3-26,42,44H,1-2H3. The lowest BCUT2D eigenvalue weighted by Crippen LogP contribution is -2.24. The summed E-state index contributed by atoms with van der Waals surface area (Å²) in [5.41, 5.74) is 13.0. The number of aliphatic imine (C=N–C) groups is 1. The first kappa shape index (κ1) is 28.8. The van der Waals surface area contributed by atoms with E-state index in [4.69, 9.17) is 9.41 Å². The molecule has 1 unspecified atom stereocenters. The van der Waals surface area contributed by atoms with E-state index in [9.17, 15) is 4.79 Å². The fourth-order valence-electron chi connectivity index (χ4n) is 7.07. The molecule has 236 valence electrons. The Morgan fingerprint density at radius 2 is 1.29 bits per heavy atom. The second kappa shape index (κ2) is 11.4. The maximum Gasteiger partial charge on any atom is 0.328 e. The van der Waals surface area contributed by atoms with Crippen LogP contribution in [0.25, 0.3) is 60.9 Å². The number of furan rings is 1. The summed E-state index contributed by atoms with van der Waals surface area (Å²) in [7, 11) is 3.63. The Morgan fingerprint density at radius 3 is 2.16 bits per heavy atom. The summed E-state index contributed by atoms with van der Waals surface area (Å²) in [6, 6.07) is 48.2. The summed E-state index contributed by atoms with van der Waals surface area (Å²) in [6.45, 7) is 0. The van der Waals surface area contributed by atoms with Gasteiger partial charge >= 0.3 is 5.69 Å². The van der Waals surface area contributed by atoms with Crippen LogP contribution < -0.4 is 11.0 Å². The van der Waals surface area contributed by atoms with Gasteiger partial charge in [0.2, 0.25) is 0 Å². The van der Waals surface area contributed by atoms with E-state index in [0.29, 0.717) is 0 Å². The number of aromatic nitrogens is 2. The third kappa shape index (κ3) is 4.88. The zero-order valence-electron chi connectivity index (χ0n) is 27.1. The van der Waals surface area contributed by atoms with Gasteiger partial charge in [0, 0.05) is 36.1 Å². The fourth-order valence-corrected chi connectivity index (χ4v) is 7.07. The predicted molar refractivity (Wildman–Crippen MR) is 200 cm³/mol. The van der Waals surface area contributed by atoms with Crippen LogP contribution in [-0.4, -0.2) is 14.8 Å². The molecule has 6 heteroatoms. The molecule has 0 aliphatic carbocycles. The van der Waals surface area contributed by atoms with Gasteiger partial charge in [-0.1, -0.05) is 103 Å². The molecule has 0 bridgehead atoms. The van der Waals surface area contributed by atoms with Gasteiger partial charge < -0.3 is 9.73 Å². The van der Waals surface area contributed by atoms with E-state index in [0.717, 1.165) is 83.3 Å². The molecule has 8 aromatic rings. The molecule has 0 saturated heterocycles. The van der Waals surface area contributed by atoms with Crippen molar-refractivity contribution in [3.8, 4) is 22.3 Å². The number of nitrogens with one attached hydrogen (secondary N) is 1. The van der Waals surface area contributed by atoms with E-state index in [-0.39, 0.29) is 11.9 Å². The Hall–Kier alpha value is -6.40. The van der Waals surface area contributed by atoms with Gasteiger partial charge in [0.25, 0.3) is 0 Å². The van der Waals surface area contributed by atoms with Crippen molar-refractivity contribution in [3.05, 3.63) is 173 Å². The van der Waals surface area contributed by atoms with Crippen LogP contribution in [-0.2, 0) is 14.1 Å². The summed E-state index contributed by atoms with van der Waals surface area (Å²) < 4.78 is 9.59. The van der Waals surface area contributed by atoms with Crippen LogP contribution >= 0.6 is 0 Å². The lowest BCUT2D eigenvalue weighted by atomic mass is 9.95. The molecule has 1 aliphatic heterocycles. The maximum absolute atomic E-state index is 12.6. The summed E-state index contributed by atoms with van der Waals surface area (Å²) in [4.78, 5) is 17.8. The summed E-state index contributed by atoms with van der Waals surface area (Å²) in [5.74, 6) is 0. The molecule has 2 aromatic heterocycles. The third-order valence-corrected chi connectivity index (χ3v) is 9.61. The molecule has 9 rings (SSSR count). The van der Waals surface area contributed by atoms with E-state index in [1.807, 2.05) is 56.6 Å². The highest BCUT2D eigenvalue weighted by atomic mass is 16.3. The first-order valence-corrected chi connectivity index (χ1v) is 16.4. The van der Waals surface area contributed by atoms with Gasteiger partial charge in [-0.2, -0.15) is 0 Å². The zero-order chi connectivity index (χ0) is 33.1. The maximum atomic E-state index is 12.6. The highest BCUT2D eigenvalue weighted by Crippen LogP contribution is 2.37. The van der Waals surface area contributed by atoms with Crippen LogP contribution in [0.15, 0.2) is 160 Å². The largest absolute Gasteiger partial charge is 0.456 e. The van der Waals surface area contributed by atoms with Crippen LogP contribution in [0.4, 0.5) is 0 Å². The second-order valence-corrected chi connectivity index (χ2v) is 12.6. The number of imidazole rings is 1. The monoisotopic (exact) mass is 636 g/mol. The predicted octanol–water partition coefficient (Wildman–Crippen LogP) is 9.24. The van der Waals surface area contributed by atoms with Crippen LogP contribution in [0.3, 0.4) is 0 Å². The van der Waals surface area contributed by atoms with Gasteiger partial charge in [0.1, 0.15) is 17.3 Å². The summed E-state index contributed by atoms with van der Waals surface area (Å²) >= 11 is 0. The number of allylic oxidation sites excluding steroid dienone is 1. The Bertz CT molecular complexity index is 2690. The van der Waals surface area contributed by atoms with E-state index in [1.54, 1.807) is 9.13 Å². The number of hydrogen-bond acceptors (Lipinski definition) is 4. The molecule has 0 radical (unpaired) electrons. The Balaban J connectivity index is 1.15. The van der Waals surface area contributed by atoms with Crippen molar-refractivity contribution in [3.63, 3.8) is 0 Å². The molecule has 6 aromatic carbocycles. The SMILES string of the molecule is Cn1c(=O)n(C)c2cc(-c3cccc(C4=CC(c5cccc(-c6cccc7oc8ccccc8c67)c5)=NC(c5ccccc5)N4)c3)ccc21. The molecule has 1 N–H and O–H groups in total. The molecule has 0 spiro atoms. The van der Waals surface area contributed by atoms with Gasteiger partial charge in [0.15, 0.2) is 0 Å². The van der Waals surface area contributed by atoms with E-state index >= 15 is 0 Å². The minimum absolute atomic E-state index is 0.0323. The average molecular weight is 637 g/mol. The van der Waals surface area contributed by atoms with Crippen LogP contribution in [0.1, 0.15) is 22.9 Å². The van der Waals surface area contributed by atoms with Crippen molar-refractivity contribution >= 4 is 44.4 Å². The molecule has 1 atom stereocenters. The molecule has 0 fully saturated rings. The van der Waals surface area contributed by atoms with Gasteiger partial charge in [-0.05, 0) is 75.9 Å². The number of hydrogen-bond donors (Lipinski definition) is 1. The average Bonchev–Trinajstić information content (AvgIpc) is 3.65. The molecule has 3 heterocycles. The van der Waals surface area contributed by atoms with Crippen LogP contribution in [0, 0.1) is 0 Å². The second-order valence-electron chi connectivity index (χ2n) is 12.6. The Labute approximate surface area is 282 Å². The van der Waals surface area contributed by atoms with E-state index in [1.165, 1.54) is 0 Å². The van der Waals surface area contributed by atoms with Gasteiger partial charge in [-0.3, -0.25) is 14.1 Å². The summed E-state index contributed by atoms with van der Waals surface area (Å²) in [5, 5.41) is 5.94. The lowest BCUT2D eigenvalue weighted by Gasteiger charge is -2.25. The Morgan fingerprint density at radius 1 is 0.612 bits per heavy atom. The number of nitrogens with zero attached hydrogens (tertiary/aromatic N) is 3. The van der Waals surface area contributed by atoms with E-state index in [2.05, 4.69) is 108 Å². The smallest absolute Gasteiger partial charge is 0.328 e. The van der Waals surface area contributed by atoms with Crippen molar-refractivity contribution in [2.24, 2.45) is 19.1 Å². The van der Waals surface area contributed by atoms with E-state index < -0.39 is 0 Å². The zero-order valence-corrected chi connectivity index (χ0v) is 27.1. The first-order chi connectivity index (χ1) is 24.0. The minimum Gasteiger partial charge on any atom is -0.456 e. The highest BCUT2D eigenvalue weighted by molar-refractivity contribution is 6.15. The molecule has 6 nitrogen and oxygen atoms in total. The van der Waals surface area contributed by atoms with Crippen LogP contribution in [0.5, 0.6) is 0 Å². The number of fused-ring (bicyclic) bond motifs is 4. The molecular weight excluding hydrogens is 604 g/mol. The van der Waals surface area contributed by atoms with Crippen molar-refractivity contribution in [2.45, 2.75) is 6.17 Å². The molecular formula is C43H32N4O2. The molecule has 0 amide bonds. The molecule has 0 saturated carbocycles. The minimum atomic E-state index is -0.264. The van der Waals surface area contributed by atoms with Gasteiger partial charge in [0.05, 0.1) is 16.7 Å². The normalized spacial score (nSPS) is 14.6. The Kier molecular flexibility index (Phi) is 6.69. The third-order valence-electron chi connectivity index (χ3n) is 9.61. The van der Waals surface area contributed by atoms with Crippen molar-refractivity contribution in [1.82, 2.24) is 14.5 Å². The quantitative estimate of drug-likeness (QED) is 0.205. The van der Waals surface area contributed by atoms with Crippen molar-refractivity contribution in [2.75, 3.05) is 0 Å². The van der Waals surface area contributed by atoms with Crippen molar-refractivity contribution in [1.29, 1.82) is 0 Å². The fraction of sp³-hybridized carbons (Fsp3) is 0.0698. The molecule has 1 aliphatic rings. The number of aryl methyl sites for hydroxylation is 2. The van der Waals surface area contributed by atoms with Crippen LogP contribution in [0.2, 0.25) is 0 Å². The highest BCUT2D eigenvalue weighted by Gasteiger charge is 2.21. The van der Waals surface area contributed by atoms with Gasteiger partial charge in [-0.25, -0.2) is 4.79 Å². The number of rotatable bonds is 5. The lowest BCUT2D eigenvalue weighted by molar-refractivity contribution is 0.664. The number of benzene rings is 6. The van der Waals surface area contributed by atoms with Crippen molar-refractivity contribution < 1.29 is 4.42 Å². The summed E-state index contributed by atoms with van der Waals surface area (Å²) in [6.07, 6.45) is 1.88. The topological polar surface area (TPSA) is 64.5 Å². The first-order valence-electron chi connectivity index (χ1n) is 16.4. The van der Waals surface area contributed by atoms with Gasteiger partial charge in [-0.15, -0.1) is 0 Å². The number of para-hydroxylation sites is 1. The molecule has 49 heavy (non-hydrogen) atoms.